The SMILES string of the molecule is O=C1Nc2c3c(nn2C=Nc2ccccc21)CCCC3. The fourth-order valence-electron chi connectivity index (χ4n) is 2.86. The number of carbonyl (C=O) groups excluding carboxylic acids is 1. The first-order valence-electron chi connectivity index (χ1n) is 6.88. The molecule has 2 heterocycles. The maximum Gasteiger partial charge on any atom is 0.259 e. The van der Waals surface area contributed by atoms with Crippen LogP contribution in [0.3, 0.4) is 0 Å². The second-order valence-electron chi connectivity index (χ2n) is 5.14. The zero-order valence-corrected chi connectivity index (χ0v) is 11.0. The van der Waals surface area contributed by atoms with Crippen molar-refractivity contribution in [3.8, 4) is 0 Å². The van der Waals surface area contributed by atoms with Crippen molar-refractivity contribution >= 4 is 23.8 Å². The molecule has 1 aromatic heterocycles. The van der Waals surface area contributed by atoms with Gasteiger partial charge in [-0.2, -0.15) is 5.10 Å². The van der Waals surface area contributed by atoms with Gasteiger partial charge in [0.2, 0.25) is 0 Å². The van der Waals surface area contributed by atoms with Crippen molar-refractivity contribution in [2.45, 2.75) is 25.7 Å². The van der Waals surface area contributed by atoms with E-state index in [2.05, 4.69) is 15.4 Å². The molecule has 0 saturated heterocycles. The van der Waals surface area contributed by atoms with E-state index in [4.69, 9.17) is 0 Å². The Kier molecular flexibility index (Phi) is 2.45. The Labute approximate surface area is 116 Å². The summed E-state index contributed by atoms with van der Waals surface area (Å²) in [6.07, 6.45) is 5.95. The highest BCUT2D eigenvalue weighted by molar-refractivity contribution is 6.09. The summed E-state index contributed by atoms with van der Waals surface area (Å²) in [6.45, 7) is 0. The zero-order valence-electron chi connectivity index (χ0n) is 11.0. The van der Waals surface area contributed by atoms with Gasteiger partial charge < -0.3 is 5.32 Å². The van der Waals surface area contributed by atoms with Crippen LogP contribution in [0.15, 0.2) is 29.3 Å². The van der Waals surface area contributed by atoms with E-state index in [1.54, 1.807) is 17.1 Å². The Morgan fingerprint density at radius 2 is 2.00 bits per heavy atom. The monoisotopic (exact) mass is 266 g/mol. The predicted molar refractivity (Wildman–Crippen MR) is 76.8 cm³/mol. The minimum Gasteiger partial charge on any atom is -0.306 e. The van der Waals surface area contributed by atoms with E-state index >= 15 is 0 Å². The van der Waals surface area contributed by atoms with Gasteiger partial charge in [-0.05, 0) is 37.8 Å². The minimum atomic E-state index is -0.119. The van der Waals surface area contributed by atoms with Gasteiger partial charge in [0.05, 0.1) is 16.9 Å². The summed E-state index contributed by atoms with van der Waals surface area (Å²) in [5.74, 6) is 0.662. The minimum absolute atomic E-state index is 0.119. The Morgan fingerprint density at radius 3 is 2.95 bits per heavy atom. The maximum absolute atomic E-state index is 12.4. The van der Waals surface area contributed by atoms with Crippen molar-refractivity contribution < 1.29 is 4.79 Å². The Bertz CT molecular complexity index is 729. The molecule has 2 aliphatic rings. The van der Waals surface area contributed by atoms with Gasteiger partial charge in [-0.1, -0.05) is 12.1 Å². The third-order valence-corrected chi connectivity index (χ3v) is 3.87. The van der Waals surface area contributed by atoms with Crippen LogP contribution in [-0.4, -0.2) is 22.0 Å². The molecule has 5 nitrogen and oxygen atoms in total. The molecule has 4 rings (SSSR count). The van der Waals surface area contributed by atoms with Crippen LogP contribution in [0.5, 0.6) is 0 Å². The molecule has 20 heavy (non-hydrogen) atoms. The molecule has 0 saturated carbocycles. The van der Waals surface area contributed by atoms with Crippen molar-refractivity contribution in [2.24, 2.45) is 4.99 Å². The molecule has 0 spiro atoms. The summed E-state index contributed by atoms with van der Waals surface area (Å²) in [7, 11) is 0. The second-order valence-corrected chi connectivity index (χ2v) is 5.14. The van der Waals surface area contributed by atoms with E-state index in [0.717, 1.165) is 42.8 Å². The van der Waals surface area contributed by atoms with Gasteiger partial charge in [0.1, 0.15) is 12.2 Å². The number of rotatable bonds is 0. The smallest absolute Gasteiger partial charge is 0.259 e. The van der Waals surface area contributed by atoms with Gasteiger partial charge >= 0.3 is 0 Å². The van der Waals surface area contributed by atoms with Crippen molar-refractivity contribution in [1.82, 2.24) is 9.78 Å². The lowest BCUT2D eigenvalue weighted by Gasteiger charge is -2.14. The normalized spacial score (nSPS) is 16.5. The summed E-state index contributed by atoms with van der Waals surface area (Å²) in [6, 6.07) is 7.35. The van der Waals surface area contributed by atoms with Gasteiger partial charge in [0.15, 0.2) is 0 Å². The Hall–Kier alpha value is -2.43. The number of anilines is 1. The van der Waals surface area contributed by atoms with E-state index in [1.807, 2.05) is 18.2 Å². The lowest BCUT2D eigenvalue weighted by Crippen LogP contribution is -2.18. The second kappa shape index (κ2) is 4.30. The van der Waals surface area contributed by atoms with Crippen LogP contribution in [-0.2, 0) is 12.8 Å². The topological polar surface area (TPSA) is 59.3 Å². The molecular formula is C15H14N4O. The number of fused-ring (bicyclic) bond motifs is 4. The lowest BCUT2D eigenvalue weighted by atomic mass is 9.97. The number of hydrogen-bond donors (Lipinski definition) is 1. The van der Waals surface area contributed by atoms with Crippen molar-refractivity contribution in [3.05, 3.63) is 41.1 Å². The highest BCUT2D eigenvalue weighted by atomic mass is 16.1. The molecule has 1 aliphatic carbocycles. The number of aryl methyl sites for hydroxylation is 1. The van der Waals surface area contributed by atoms with Crippen molar-refractivity contribution in [1.29, 1.82) is 0 Å². The molecule has 1 aromatic carbocycles. The number of nitrogens with zero attached hydrogens (tertiary/aromatic N) is 3. The molecule has 1 aliphatic heterocycles. The molecule has 100 valence electrons. The van der Waals surface area contributed by atoms with Gasteiger partial charge in [0, 0.05) is 5.56 Å². The van der Waals surface area contributed by atoms with E-state index < -0.39 is 0 Å². The largest absolute Gasteiger partial charge is 0.306 e. The van der Waals surface area contributed by atoms with Crippen LogP contribution in [0, 0.1) is 0 Å². The van der Waals surface area contributed by atoms with Gasteiger partial charge in [-0.3, -0.25) is 4.79 Å². The summed E-state index contributed by atoms with van der Waals surface area (Å²) in [5.41, 5.74) is 3.52. The molecule has 5 heteroatoms. The zero-order chi connectivity index (χ0) is 13.5. The number of aliphatic imine (C=N–C) groups is 1. The van der Waals surface area contributed by atoms with Crippen LogP contribution in [0.4, 0.5) is 11.5 Å². The number of hydrogen-bond acceptors (Lipinski definition) is 3. The van der Waals surface area contributed by atoms with E-state index in [9.17, 15) is 4.79 Å². The van der Waals surface area contributed by atoms with Crippen LogP contribution in [0.25, 0.3) is 0 Å². The van der Waals surface area contributed by atoms with Crippen LogP contribution in [0.1, 0.15) is 34.5 Å². The van der Waals surface area contributed by atoms with Gasteiger partial charge in [-0.15, -0.1) is 0 Å². The van der Waals surface area contributed by atoms with E-state index in [1.165, 1.54) is 0 Å². The molecule has 0 bridgehead atoms. The number of benzene rings is 1. The third kappa shape index (κ3) is 1.66. The van der Waals surface area contributed by atoms with E-state index in [-0.39, 0.29) is 5.91 Å². The molecule has 0 fully saturated rings. The fourth-order valence-corrected chi connectivity index (χ4v) is 2.86. The molecule has 0 atom stereocenters. The number of para-hydroxylation sites is 1. The van der Waals surface area contributed by atoms with E-state index in [0.29, 0.717) is 11.3 Å². The molecular weight excluding hydrogens is 252 g/mol. The molecule has 1 amide bonds. The number of nitrogens with one attached hydrogen (secondary N) is 1. The first kappa shape index (κ1) is 11.4. The first-order valence-corrected chi connectivity index (χ1v) is 6.88. The number of carbonyl (C=O) groups is 1. The van der Waals surface area contributed by atoms with Gasteiger partial charge in [0.25, 0.3) is 5.91 Å². The fraction of sp³-hybridized carbons (Fsp3) is 0.267. The van der Waals surface area contributed by atoms with Crippen LogP contribution < -0.4 is 5.32 Å². The summed E-state index contributed by atoms with van der Waals surface area (Å²) in [5, 5.41) is 7.55. The molecule has 1 N–H and O–H groups in total. The average Bonchev–Trinajstić information content (AvgIpc) is 2.81. The standard InChI is InChI=1S/C15H14N4O/c20-15-11-6-2-3-7-12(11)16-9-19-14(17-15)10-5-1-4-8-13(10)18-19/h2-3,6-7,9H,1,4-5,8H2,(H,17,20). The number of amides is 1. The molecule has 0 unspecified atom stereocenters. The number of aromatic nitrogens is 2. The quantitative estimate of drug-likeness (QED) is 0.796. The predicted octanol–water partition coefficient (Wildman–Crippen LogP) is 2.54. The Balaban J connectivity index is 1.88. The molecule has 2 aromatic rings. The van der Waals surface area contributed by atoms with Crippen molar-refractivity contribution in [2.75, 3.05) is 5.32 Å². The maximum atomic E-state index is 12.4. The molecule has 0 radical (unpaired) electrons. The highest BCUT2D eigenvalue weighted by Gasteiger charge is 2.23. The summed E-state index contributed by atoms with van der Waals surface area (Å²) in [4.78, 5) is 16.8. The average molecular weight is 266 g/mol. The first-order chi connectivity index (χ1) is 9.83. The van der Waals surface area contributed by atoms with Crippen molar-refractivity contribution in [3.63, 3.8) is 0 Å². The Morgan fingerprint density at radius 1 is 1.15 bits per heavy atom. The summed E-state index contributed by atoms with van der Waals surface area (Å²) < 4.78 is 1.70. The van der Waals surface area contributed by atoms with Crippen LogP contribution in [0.2, 0.25) is 0 Å². The van der Waals surface area contributed by atoms with Crippen LogP contribution >= 0.6 is 0 Å². The highest BCUT2D eigenvalue weighted by Crippen LogP contribution is 2.29. The third-order valence-electron chi connectivity index (χ3n) is 3.87. The summed E-state index contributed by atoms with van der Waals surface area (Å²) >= 11 is 0. The lowest BCUT2D eigenvalue weighted by molar-refractivity contribution is 0.102. The van der Waals surface area contributed by atoms with Gasteiger partial charge in [-0.25, -0.2) is 9.67 Å².